The van der Waals surface area contributed by atoms with Crippen molar-refractivity contribution in [2.75, 3.05) is 6.54 Å². The average Bonchev–Trinajstić information content (AvgIpc) is 2.30. The van der Waals surface area contributed by atoms with Crippen LogP contribution in [0.3, 0.4) is 0 Å². The topological polar surface area (TPSA) is 38.9 Å². The minimum atomic E-state index is -3.19. The van der Waals surface area contributed by atoms with Gasteiger partial charge in [0, 0.05) is 16.6 Å². The number of hydrogen-bond acceptors (Lipinski definition) is 2. The molecule has 0 saturated carbocycles. The number of fused-ring (bicyclic) bond motifs is 1. The van der Waals surface area contributed by atoms with Crippen LogP contribution in [-0.2, 0) is 5.92 Å². The SMILES string of the molecule is NCC(F)(F)c1cnc2ccc(Cl)cc2c1Cl. The minimum absolute atomic E-state index is 0.0621. The van der Waals surface area contributed by atoms with Gasteiger partial charge in [-0.1, -0.05) is 23.2 Å². The Morgan fingerprint density at radius 3 is 2.65 bits per heavy atom. The number of aromatic nitrogens is 1. The molecule has 0 aliphatic carbocycles. The summed E-state index contributed by atoms with van der Waals surface area (Å²) in [6, 6.07) is 4.74. The molecule has 1 aromatic heterocycles. The Bertz CT molecular complexity index is 573. The monoisotopic (exact) mass is 276 g/mol. The number of halogens is 4. The summed E-state index contributed by atoms with van der Waals surface area (Å²) in [5, 5.41) is 0.743. The Hall–Kier alpha value is -0.970. The molecule has 1 aromatic carbocycles. The summed E-state index contributed by atoms with van der Waals surface area (Å²) in [6.45, 7) is -0.819. The van der Waals surface area contributed by atoms with Gasteiger partial charge in [-0.2, -0.15) is 8.78 Å². The number of benzene rings is 1. The van der Waals surface area contributed by atoms with Crippen LogP contribution in [0, 0.1) is 0 Å². The molecule has 2 rings (SSSR count). The van der Waals surface area contributed by atoms with Gasteiger partial charge in [0.05, 0.1) is 22.6 Å². The van der Waals surface area contributed by atoms with Crippen molar-refractivity contribution in [3.8, 4) is 0 Å². The van der Waals surface area contributed by atoms with Crippen molar-refractivity contribution in [2.24, 2.45) is 5.73 Å². The van der Waals surface area contributed by atoms with Gasteiger partial charge in [-0.3, -0.25) is 4.98 Å². The second kappa shape index (κ2) is 4.37. The lowest BCUT2D eigenvalue weighted by molar-refractivity contribution is 0.00589. The molecule has 0 aliphatic rings. The molecule has 2 nitrogen and oxygen atoms in total. The molecule has 0 bridgehead atoms. The van der Waals surface area contributed by atoms with Crippen molar-refractivity contribution in [3.63, 3.8) is 0 Å². The van der Waals surface area contributed by atoms with Gasteiger partial charge in [0.25, 0.3) is 5.92 Å². The molecule has 17 heavy (non-hydrogen) atoms. The number of hydrogen-bond donors (Lipinski definition) is 1. The van der Waals surface area contributed by atoms with Crippen LogP contribution < -0.4 is 5.73 Å². The smallest absolute Gasteiger partial charge is 0.288 e. The third-order valence-electron chi connectivity index (χ3n) is 2.41. The van der Waals surface area contributed by atoms with E-state index in [4.69, 9.17) is 28.9 Å². The molecule has 0 saturated heterocycles. The van der Waals surface area contributed by atoms with Gasteiger partial charge in [-0.05, 0) is 18.2 Å². The summed E-state index contributed by atoms with van der Waals surface area (Å²) >= 11 is 11.7. The highest BCUT2D eigenvalue weighted by molar-refractivity contribution is 6.37. The van der Waals surface area contributed by atoms with E-state index in [2.05, 4.69) is 4.98 Å². The summed E-state index contributed by atoms with van der Waals surface area (Å²) in [5.74, 6) is -3.19. The van der Waals surface area contributed by atoms with E-state index in [1.165, 1.54) is 6.07 Å². The van der Waals surface area contributed by atoms with E-state index in [0.29, 0.717) is 15.9 Å². The predicted molar refractivity (Wildman–Crippen MR) is 64.7 cm³/mol. The van der Waals surface area contributed by atoms with Gasteiger partial charge in [-0.15, -0.1) is 0 Å². The molecular weight excluding hydrogens is 269 g/mol. The van der Waals surface area contributed by atoms with Crippen molar-refractivity contribution in [3.05, 3.63) is 40.0 Å². The summed E-state index contributed by atoms with van der Waals surface area (Å²) < 4.78 is 27.0. The van der Waals surface area contributed by atoms with E-state index in [0.717, 1.165) is 6.20 Å². The highest BCUT2D eigenvalue weighted by Gasteiger charge is 2.33. The van der Waals surface area contributed by atoms with E-state index >= 15 is 0 Å². The molecule has 0 atom stereocenters. The van der Waals surface area contributed by atoms with E-state index in [1.807, 2.05) is 0 Å². The standard InChI is InChI=1S/C11H8Cl2F2N2/c12-6-1-2-9-7(3-6)10(13)8(4-17-9)11(14,15)5-16/h1-4H,5,16H2. The summed E-state index contributed by atoms with van der Waals surface area (Å²) in [6.07, 6.45) is 1.05. The molecule has 2 aromatic rings. The molecule has 0 spiro atoms. The fourth-order valence-corrected chi connectivity index (χ4v) is 2.01. The van der Waals surface area contributed by atoms with Crippen LogP contribution in [0.15, 0.2) is 24.4 Å². The average molecular weight is 277 g/mol. The van der Waals surface area contributed by atoms with Gasteiger partial charge in [0.15, 0.2) is 0 Å². The Labute approximate surface area is 106 Å². The van der Waals surface area contributed by atoms with Crippen molar-refractivity contribution >= 4 is 34.1 Å². The molecular formula is C11H8Cl2F2N2. The van der Waals surface area contributed by atoms with Crippen LogP contribution in [0.5, 0.6) is 0 Å². The van der Waals surface area contributed by atoms with Crippen molar-refractivity contribution in [2.45, 2.75) is 5.92 Å². The van der Waals surface area contributed by atoms with E-state index in [1.54, 1.807) is 12.1 Å². The zero-order chi connectivity index (χ0) is 12.6. The largest absolute Gasteiger partial charge is 0.325 e. The quantitative estimate of drug-likeness (QED) is 0.911. The predicted octanol–water partition coefficient (Wildman–Crippen LogP) is 3.59. The lowest BCUT2D eigenvalue weighted by atomic mass is 10.1. The van der Waals surface area contributed by atoms with Gasteiger partial charge in [0.2, 0.25) is 0 Å². The first-order chi connectivity index (χ1) is 7.95. The van der Waals surface area contributed by atoms with Crippen molar-refractivity contribution in [1.82, 2.24) is 4.98 Å². The molecule has 0 radical (unpaired) electrons. The molecule has 1 heterocycles. The second-order valence-corrected chi connectivity index (χ2v) is 4.37. The fourth-order valence-electron chi connectivity index (χ4n) is 1.50. The third-order valence-corrected chi connectivity index (χ3v) is 3.06. The summed E-state index contributed by atoms with van der Waals surface area (Å²) in [5.41, 5.74) is 5.15. The first-order valence-electron chi connectivity index (χ1n) is 4.78. The minimum Gasteiger partial charge on any atom is -0.325 e. The fraction of sp³-hybridized carbons (Fsp3) is 0.182. The number of nitrogens with zero attached hydrogens (tertiary/aromatic N) is 1. The van der Waals surface area contributed by atoms with Crippen LogP contribution >= 0.6 is 23.2 Å². The highest BCUT2D eigenvalue weighted by atomic mass is 35.5. The van der Waals surface area contributed by atoms with Crippen LogP contribution in [-0.4, -0.2) is 11.5 Å². The van der Waals surface area contributed by atoms with Crippen molar-refractivity contribution < 1.29 is 8.78 Å². The number of pyridine rings is 1. The van der Waals surface area contributed by atoms with E-state index in [-0.39, 0.29) is 10.6 Å². The maximum atomic E-state index is 13.5. The molecule has 0 amide bonds. The Morgan fingerprint density at radius 2 is 2.00 bits per heavy atom. The van der Waals surface area contributed by atoms with Crippen LogP contribution in [0.1, 0.15) is 5.56 Å². The zero-order valence-electron chi connectivity index (χ0n) is 8.55. The molecule has 0 fully saturated rings. The first-order valence-corrected chi connectivity index (χ1v) is 5.53. The maximum Gasteiger partial charge on any atom is 0.288 e. The number of nitrogens with two attached hydrogens (primary N) is 1. The molecule has 90 valence electrons. The summed E-state index contributed by atoms with van der Waals surface area (Å²) in [7, 11) is 0. The van der Waals surface area contributed by atoms with Crippen LogP contribution in [0.25, 0.3) is 10.9 Å². The van der Waals surface area contributed by atoms with Gasteiger partial charge in [-0.25, -0.2) is 0 Å². The number of alkyl halides is 2. The molecule has 0 aliphatic heterocycles. The normalized spacial score (nSPS) is 12.1. The second-order valence-electron chi connectivity index (χ2n) is 3.56. The zero-order valence-corrected chi connectivity index (χ0v) is 10.1. The van der Waals surface area contributed by atoms with Crippen LogP contribution in [0.4, 0.5) is 8.78 Å². The Balaban J connectivity index is 2.73. The van der Waals surface area contributed by atoms with Gasteiger partial charge >= 0.3 is 0 Å². The van der Waals surface area contributed by atoms with Gasteiger partial charge in [0.1, 0.15) is 0 Å². The molecule has 6 heteroatoms. The lowest BCUT2D eigenvalue weighted by Gasteiger charge is -2.16. The van der Waals surface area contributed by atoms with E-state index in [9.17, 15) is 8.78 Å². The Kier molecular flexibility index (Phi) is 3.21. The van der Waals surface area contributed by atoms with Crippen LogP contribution in [0.2, 0.25) is 10.0 Å². The maximum absolute atomic E-state index is 13.5. The number of rotatable bonds is 2. The molecule has 2 N–H and O–H groups in total. The third kappa shape index (κ3) is 2.20. The first kappa shape index (κ1) is 12.5. The van der Waals surface area contributed by atoms with Gasteiger partial charge < -0.3 is 5.73 Å². The lowest BCUT2D eigenvalue weighted by Crippen LogP contribution is -2.25. The highest BCUT2D eigenvalue weighted by Crippen LogP contribution is 2.36. The Morgan fingerprint density at radius 1 is 1.29 bits per heavy atom. The molecule has 0 unspecified atom stereocenters. The summed E-state index contributed by atoms with van der Waals surface area (Å²) in [4.78, 5) is 3.92. The van der Waals surface area contributed by atoms with Crippen molar-refractivity contribution in [1.29, 1.82) is 0 Å². The van der Waals surface area contributed by atoms with E-state index < -0.39 is 12.5 Å².